The second kappa shape index (κ2) is 7.17. The third-order valence-electron chi connectivity index (χ3n) is 3.43. The van der Waals surface area contributed by atoms with E-state index in [4.69, 9.17) is 5.73 Å². The third-order valence-corrected chi connectivity index (χ3v) is 3.43. The fourth-order valence-electron chi connectivity index (χ4n) is 2.43. The highest BCUT2D eigenvalue weighted by molar-refractivity contribution is 5.97. The Kier molecular flexibility index (Phi) is 5.26. The van der Waals surface area contributed by atoms with Crippen molar-refractivity contribution in [3.63, 3.8) is 0 Å². The van der Waals surface area contributed by atoms with E-state index in [-0.39, 0.29) is 18.4 Å². The fourth-order valence-corrected chi connectivity index (χ4v) is 2.43. The van der Waals surface area contributed by atoms with Crippen molar-refractivity contribution in [2.75, 3.05) is 26.2 Å². The summed E-state index contributed by atoms with van der Waals surface area (Å²) in [6.07, 6.45) is 1.27. The van der Waals surface area contributed by atoms with Crippen LogP contribution in [0.4, 0.5) is 0 Å². The molecule has 5 heteroatoms. The number of likely N-dealkylation sites (tertiary alicyclic amines) is 1. The molecule has 2 rings (SSSR count). The Morgan fingerprint density at radius 1 is 1.30 bits per heavy atom. The van der Waals surface area contributed by atoms with Gasteiger partial charge in [-0.05, 0) is 12.0 Å². The molecule has 1 saturated heterocycles. The molecule has 0 bridgehead atoms. The first-order chi connectivity index (χ1) is 9.70. The predicted octanol–water partition coefficient (Wildman–Crippen LogP) is 0.596. The van der Waals surface area contributed by atoms with E-state index in [0.29, 0.717) is 32.6 Å². The number of hydrogen-bond donors (Lipinski definition) is 1. The number of carbonyl (C=O) groups is 2. The van der Waals surface area contributed by atoms with Crippen LogP contribution in [0.25, 0.3) is 0 Å². The molecule has 1 aromatic carbocycles. The van der Waals surface area contributed by atoms with Crippen LogP contribution < -0.4 is 5.73 Å². The Labute approximate surface area is 119 Å². The monoisotopic (exact) mass is 275 g/mol. The standard InChI is InChI=1S/C15H21N3O2/c16-8-10-17(11-13-5-2-1-3-6-13)12-15(20)18-9-4-7-14(18)19/h1-3,5-6H,4,7-12,16H2. The number of benzene rings is 1. The van der Waals surface area contributed by atoms with Gasteiger partial charge in [-0.3, -0.25) is 19.4 Å². The van der Waals surface area contributed by atoms with Crippen LogP contribution in [-0.2, 0) is 16.1 Å². The number of hydrogen-bond acceptors (Lipinski definition) is 4. The lowest BCUT2D eigenvalue weighted by Gasteiger charge is -2.23. The largest absolute Gasteiger partial charge is 0.329 e. The number of rotatable bonds is 6. The van der Waals surface area contributed by atoms with Crippen molar-refractivity contribution in [2.45, 2.75) is 19.4 Å². The highest BCUT2D eigenvalue weighted by Gasteiger charge is 2.27. The fraction of sp³-hybridized carbons (Fsp3) is 0.467. The van der Waals surface area contributed by atoms with Crippen molar-refractivity contribution in [3.05, 3.63) is 35.9 Å². The van der Waals surface area contributed by atoms with Gasteiger partial charge >= 0.3 is 0 Å². The first-order valence-electron chi connectivity index (χ1n) is 7.00. The van der Waals surface area contributed by atoms with E-state index in [2.05, 4.69) is 0 Å². The maximum Gasteiger partial charge on any atom is 0.243 e. The molecule has 5 nitrogen and oxygen atoms in total. The highest BCUT2D eigenvalue weighted by atomic mass is 16.2. The predicted molar refractivity (Wildman–Crippen MR) is 76.7 cm³/mol. The van der Waals surface area contributed by atoms with Gasteiger partial charge in [0, 0.05) is 32.6 Å². The Bertz CT molecular complexity index is 461. The minimum atomic E-state index is -0.114. The van der Waals surface area contributed by atoms with Gasteiger partial charge in [0.2, 0.25) is 11.8 Å². The molecule has 0 aliphatic carbocycles. The molecule has 20 heavy (non-hydrogen) atoms. The topological polar surface area (TPSA) is 66.6 Å². The van der Waals surface area contributed by atoms with E-state index in [9.17, 15) is 9.59 Å². The van der Waals surface area contributed by atoms with Gasteiger partial charge in [0.05, 0.1) is 6.54 Å². The Morgan fingerprint density at radius 3 is 2.65 bits per heavy atom. The zero-order chi connectivity index (χ0) is 14.4. The number of imide groups is 1. The average Bonchev–Trinajstić information content (AvgIpc) is 2.86. The summed E-state index contributed by atoms with van der Waals surface area (Å²) in [6.45, 7) is 2.61. The minimum Gasteiger partial charge on any atom is -0.329 e. The summed E-state index contributed by atoms with van der Waals surface area (Å²) in [7, 11) is 0. The summed E-state index contributed by atoms with van der Waals surface area (Å²) in [5.41, 5.74) is 6.75. The van der Waals surface area contributed by atoms with E-state index in [1.165, 1.54) is 4.90 Å². The van der Waals surface area contributed by atoms with E-state index in [1.807, 2.05) is 35.2 Å². The summed E-state index contributed by atoms with van der Waals surface area (Å²) >= 11 is 0. The Balaban J connectivity index is 1.95. The molecule has 2 amide bonds. The highest BCUT2D eigenvalue weighted by Crippen LogP contribution is 2.11. The lowest BCUT2D eigenvalue weighted by molar-refractivity contribution is -0.142. The summed E-state index contributed by atoms with van der Waals surface area (Å²) in [6, 6.07) is 9.96. The van der Waals surface area contributed by atoms with Gasteiger partial charge in [-0.25, -0.2) is 0 Å². The van der Waals surface area contributed by atoms with Crippen LogP contribution in [0.5, 0.6) is 0 Å². The molecule has 2 N–H and O–H groups in total. The lowest BCUT2D eigenvalue weighted by Crippen LogP contribution is -2.42. The first kappa shape index (κ1) is 14.7. The van der Waals surface area contributed by atoms with Gasteiger partial charge < -0.3 is 5.73 Å². The normalized spacial score (nSPS) is 15.1. The number of amides is 2. The SMILES string of the molecule is NCCN(CC(=O)N1CCCC1=O)Cc1ccccc1. The number of nitrogens with zero attached hydrogens (tertiary/aromatic N) is 2. The van der Waals surface area contributed by atoms with Crippen LogP contribution in [0.3, 0.4) is 0 Å². The molecule has 1 aromatic rings. The molecular weight excluding hydrogens is 254 g/mol. The maximum atomic E-state index is 12.2. The van der Waals surface area contributed by atoms with Crippen molar-refractivity contribution in [1.82, 2.24) is 9.80 Å². The zero-order valence-electron chi connectivity index (χ0n) is 11.6. The second-order valence-electron chi connectivity index (χ2n) is 5.03. The van der Waals surface area contributed by atoms with Gasteiger partial charge in [-0.15, -0.1) is 0 Å². The van der Waals surface area contributed by atoms with Crippen molar-refractivity contribution in [1.29, 1.82) is 0 Å². The Morgan fingerprint density at radius 2 is 2.05 bits per heavy atom. The number of carbonyl (C=O) groups excluding carboxylic acids is 2. The molecule has 0 saturated carbocycles. The molecule has 108 valence electrons. The molecular formula is C15H21N3O2. The zero-order valence-corrected chi connectivity index (χ0v) is 11.6. The summed E-state index contributed by atoms with van der Waals surface area (Å²) in [4.78, 5) is 27.1. The molecule has 1 heterocycles. The van der Waals surface area contributed by atoms with Gasteiger partial charge in [0.1, 0.15) is 0 Å². The van der Waals surface area contributed by atoms with Gasteiger partial charge in [-0.1, -0.05) is 30.3 Å². The third kappa shape index (κ3) is 3.88. The summed E-state index contributed by atoms with van der Waals surface area (Å²) in [5, 5.41) is 0. The molecule has 1 aliphatic rings. The Hall–Kier alpha value is -1.72. The van der Waals surface area contributed by atoms with E-state index in [0.717, 1.165) is 12.0 Å². The molecule has 0 radical (unpaired) electrons. The maximum absolute atomic E-state index is 12.2. The smallest absolute Gasteiger partial charge is 0.243 e. The molecule has 0 atom stereocenters. The lowest BCUT2D eigenvalue weighted by atomic mass is 10.2. The summed E-state index contributed by atoms with van der Waals surface area (Å²) < 4.78 is 0. The molecule has 0 spiro atoms. The molecule has 0 aromatic heterocycles. The quantitative estimate of drug-likeness (QED) is 0.825. The van der Waals surface area contributed by atoms with E-state index >= 15 is 0 Å². The van der Waals surface area contributed by atoms with Crippen LogP contribution in [0.2, 0.25) is 0 Å². The van der Waals surface area contributed by atoms with Crippen molar-refractivity contribution >= 4 is 11.8 Å². The first-order valence-corrected chi connectivity index (χ1v) is 7.00. The van der Waals surface area contributed by atoms with Gasteiger partial charge in [0.15, 0.2) is 0 Å². The van der Waals surface area contributed by atoms with Crippen LogP contribution in [-0.4, -0.2) is 47.8 Å². The van der Waals surface area contributed by atoms with Crippen molar-refractivity contribution < 1.29 is 9.59 Å². The number of nitrogens with two attached hydrogens (primary N) is 1. The molecule has 1 aliphatic heterocycles. The molecule has 0 unspecified atom stereocenters. The van der Waals surface area contributed by atoms with Crippen molar-refractivity contribution in [3.8, 4) is 0 Å². The average molecular weight is 275 g/mol. The second-order valence-corrected chi connectivity index (χ2v) is 5.03. The molecule has 1 fully saturated rings. The van der Waals surface area contributed by atoms with Crippen molar-refractivity contribution in [2.24, 2.45) is 5.73 Å². The van der Waals surface area contributed by atoms with Crippen LogP contribution >= 0.6 is 0 Å². The van der Waals surface area contributed by atoms with E-state index < -0.39 is 0 Å². The minimum absolute atomic E-state index is 0.0533. The summed E-state index contributed by atoms with van der Waals surface area (Å²) in [5.74, 6) is -0.167. The van der Waals surface area contributed by atoms with Gasteiger partial charge in [-0.2, -0.15) is 0 Å². The van der Waals surface area contributed by atoms with Crippen LogP contribution in [0, 0.1) is 0 Å². The van der Waals surface area contributed by atoms with Crippen LogP contribution in [0.1, 0.15) is 18.4 Å². The van der Waals surface area contributed by atoms with E-state index in [1.54, 1.807) is 0 Å². The van der Waals surface area contributed by atoms with Crippen LogP contribution in [0.15, 0.2) is 30.3 Å². The van der Waals surface area contributed by atoms with Gasteiger partial charge in [0.25, 0.3) is 0 Å².